The highest BCUT2D eigenvalue weighted by Crippen LogP contribution is 2.19. The largest absolute Gasteiger partial charge is 0.481 e. The molecule has 4 nitrogen and oxygen atoms in total. The normalized spacial score (nSPS) is 11.1. The van der Waals surface area contributed by atoms with E-state index in [4.69, 9.17) is 5.11 Å². The van der Waals surface area contributed by atoms with Gasteiger partial charge in [-0.1, -0.05) is 24.3 Å². The van der Waals surface area contributed by atoms with Crippen LogP contribution in [0, 0.1) is 0 Å². The lowest BCUT2D eigenvalue weighted by molar-refractivity contribution is -0.136. The van der Waals surface area contributed by atoms with E-state index in [9.17, 15) is 4.79 Å². The smallest absolute Gasteiger partial charge is 0.309 e. The molecule has 0 saturated heterocycles. The minimum Gasteiger partial charge on any atom is -0.481 e. The summed E-state index contributed by atoms with van der Waals surface area (Å²) in [6.07, 6.45) is 3.61. The maximum Gasteiger partial charge on any atom is 0.309 e. The third kappa shape index (κ3) is 1.63. The molecule has 0 bridgehead atoms. The second kappa shape index (κ2) is 3.59. The zero-order valence-electron chi connectivity index (χ0n) is 9.00. The van der Waals surface area contributed by atoms with E-state index in [2.05, 4.69) is 4.98 Å². The number of benzene rings is 1. The number of hydrogen-bond donors (Lipinski definition) is 1. The number of imidazole rings is 1. The molecule has 0 amide bonds. The molecule has 0 aliphatic rings. The van der Waals surface area contributed by atoms with Crippen molar-refractivity contribution in [1.29, 1.82) is 0 Å². The number of carboxylic acids is 1. The highest BCUT2D eigenvalue weighted by molar-refractivity contribution is 5.93. The lowest BCUT2D eigenvalue weighted by Gasteiger charge is -1.98. The van der Waals surface area contributed by atoms with Crippen LogP contribution in [0.5, 0.6) is 0 Å². The molecular weight excluding hydrogens is 216 g/mol. The van der Waals surface area contributed by atoms with Crippen LogP contribution in [-0.2, 0) is 11.2 Å². The van der Waals surface area contributed by atoms with Crippen molar-refractivity contribution in [2.75, 3.05) is 0 Å². The monoisotopic (exact) mass is 226 g/mol. The van der Waals surface area contributed by atoms with Crippen LogP contribution in [0.15, 0.2) is 42.7 Å². The van der Waals surface area contributed by atoms with E-state index in [1.165, 1.54) is 0 Å². The van der Waals surface area contributed by atoms with E-state index >= 15 is 0 Å². The highest BCUT2D eigenvalue weighted by Gasteiger charge is 2.07. The predicted octanol–water partition coefficient (Wildman–Crippen LogP) is 2.11. The number of rotatable bonds is 2. The molecule has 84 valence electrons. The van der Waals surface area contributed by atoms with Crippen molar-refractivity contribution in [3.63, 3.8) is 0 Å². The number of aromatic nitrogens is 2. The van der Waals surface area contributed by atoms with Crippen LogP contribution in [0.2, 0.25) is 0 Å². The average molecular weight is 226 g/mol. The molecule has 3 aromatic rings. The van der Waals surface area contributed by atoms with E-state index in [1.54, 1.807) is 6.20 Å². The van der Waals surface area contributed by atoms with Crippen molar-refractivity contribution in [3.8, 4) is 0 Å². The van der Waals surface area contributed by atoms with E-state index < -0.39 is 5.97 Å². The second-order valence-electron chi connectivity index (χ2n) is 3.94. The van der Waals surface area contributed by atoms with Gasteiger partial charge in [-0.3, -0.25) is 4.79 Å². The van der Waals surface area contributed by atoms with Crippen molar-refractivity contribution < 1.29 is 9.90 Å². The summed E-state index contributed by atoms with van der Waals surface area (Å²) in [4.78, 5) is 15.0. The number of fused-ring (bicyclic) bond motifs is 3. The van der Waals surface area contributed by atoms with E-state index in [-0.39, 0.29) is 6.42 Å². The van der Waals surface area contributed by atoms with Gasteiger partial charge in [-0.05, 0) is 11.5 Å². The maximum absolute atomic E-state index is 10.7. The van der Waals surface area contributed by atoms with Gasteiger partial charge in [0, 0.05) is 17.8 Å². The van der Waals surface area contributed by atoms with Crippen molar-refractivity contribution in [2.24, 2.45) is 0 Å². The summed E-state index contributed by atoms with van der Waals surface area (Å²) in [6.45, 7) is 0. The summed E-state index contributed by atoms with van der Waals surface area (Å²) in [5.74, 6) is -0.863. The van der Waals surface area contributed by atoms with Gasteiger partial charge in [0.2, 0.25) is 0 Å². The second-order valence-corrected chi connectivity index (χ2v) is 3.94. The Morgan fingerprint density at radius 1 is 1.29 bits per heavy atom. The molecule has 2 heterocycles. The fourth-order valence-corrected chi connectivity index (χ4v) is 2.00. The summed E-state index contributed by atoms with van der Waals surface area (Å²) >= 11 is 0. The molecule has 1 aromatic carbocycles. The zero-order chi connectivity index (χ0) is 11.8. The first-order valence-corrected chi connectivity index (χ1v) is 5.31. The van der Waals surface area contributed by atoms with Gasteiger partial charge in [0.1, 0.15) is 5.65 Å². The highest BCUT2D eigenvalue weighted by atomic mass is 16.4. The molecule has 17 heavy (non-hydrogen) atoms. The Morgan fingerprint density at radius 3 is 2.94 bits per heavy atom. The van der Waals surface area contributed by atoms with Gasteiger partial charge < -0.3 is 9.51 Å². The quantitative estimate of drug-likeness (QED) is 0.728. The standard InChI is InChI=1S/C13H10N2O2/c16-12(17)7-10-8-15-6-5-9-3-1-2-4-11(9)13(15)14-10/h1-6,8H,7H2,(H,16,17). The van der Waals surface area contributed by atoms with Crippen LogP contribution < -0.4 is 0 Å². The summed E-state index contributed by atoms with van der Waals surface area (Å²) in [6, 6.07) is 9.92. The summed E-state index contributed by atoms with van der Waals surface area (Å²) in [5.41, 5.74) is 1.38. The Bertz CT molecular complexity index is 716. The van der Waals surface area contributed by atoms with Crippen LogP contribution >= 0.6 is 0 Å². The molecule has 0 fully saturated rings. The molecule has 0 atom stereocenters. The predicted molar refractivity (Wildman–Crippen MR) is 64.0 cm³/mol. The molecule has 0 unspecified atom stereocenters. The first-order valence-electron chi connectivity index (χ1n) is 5.31. The van der Waals surface area contributed by atoms with Crippen molar-refractivity contribution in [1.82, 2.24) is 9.38 Å². The minimum atomic E-state index is -0.863. The maximum atomic E-state index is 10.7. The Kier molecular flexibility index (Phi) is 2.08. The number of carbonyl (C=O) groups is 1. The van der Waals surface area contributed by atoms with Crippen LogP contribution in [0.4, 0.5) is 0 Å². The Balaban J connectivity index is 2.27. The van der Waals surface area contributed by atoms with Crippen molar-refractivity contribution in [3.05, 3.63) is 48.4 Å². The third-order valence-electron chi connectivity index (χ3n) is 2.73. The van der Waals surface area contributed by atoms with Crippen molar-refractivity contribution in [2.45, 2.75) is 6.42 Å². The van der Waals surface area contributed by atoms with Gasteiger partial charge in [-0.15, -0.1) is 0 Å². The molecule has 4 heteroatoms. The third-order valence-corrected chi connectivity index (χ3v) is 2.73. The van der Waals surface area contributed by atoms with E-state index in [1.807, 2.05) is 40.9 Å². The van der Waals surface area contributed by atoms with Crippen molar-refractivity contribution >= 4 is 22.4 Å². The van der Waals surface area contributed by atoms with Crippen LogP contribution in [-0.4, -0.2) is 20.5 Å². The molecule has 0 spiro atoms. The van der Waals surface area contributed by atoms with Gasteiger partial charge in [0.05, 0.1) is 12.1 Å². The summed E-state index contributed by atoms with van der Waals surface area (Å²) in [5, 5.41) is 10.9. The van der Waals surface area contributed by atoms with E-state index in [0.717, 1.165) is 16.4 Å². The average Bonchev–Trinajstić information content (AvgIpc) is 2.70. The number of pyridine rings is 1. The Labute approximate surface area is 97.1 Å². The molecule has 3 rings (SSSR count). The van der Waals surface area contributed by atoms with Crippen LogP contribution in [0.1, 0.15) is 5.69 Å². The Morgan fingerprint density at radius 2 is 2.12 bits per heavy atom. The fourth-order valence-electron chi connectivity index (χ4n) is 2.00. The first kappa shape index (κ1) is 9.84. The first-order chi connectivity index (χ1) is 8.24. The van der Waals surface area contributed by atoms with Crippen LogP contribution in [0.25, 0.3) is 16.4 Å². The molecule has 0 aliphatic carbocycles. The van der Waals surface area contributed by atoms with Gasteiger partial charge in [-0.25, -0.2) is 4.98 Å². The minimum absolute atomic E-state index is 0.0456. The topological polar surface area (TPSA) is 54.6 Å². The molecule has 0 saturated carbocycles. The molecule has 1 N–H and O–H groups in total. The van der Waals surface area contributed by atoms with E-state index in [0.29, 0.717) is 5.69 Å². The van der Waals surface area contributed by atoms with Gasteiger partial charge in [-0.2, -0.15) is 0 Å². The number of aliphatic carboxylic acids is 1. The number of carboxylic acid groups (broad SMARTS) is 1. The summed E-state index contributed by atoms with van der Waals surface area (Å²) < 4.78 is 1.86. The lowest BCUT2D eigenvalue weighted by atomic mass is 10.2. The molecule has 2 aromatic heterocycles. The summed E-state index contributed by atoms with van der Waals surface area (Å²) in [7, 11) is 0. The number of nitrogens with zero attached hydrogens (tertiary/aromatic N) is 2. The Hall–Kier alpha value is -2.36. The van der Waals surface area contributed by atoms with Gasteiger partial charge >= 0.3 is 5.97 Å². The van der Waals surface area contributed by atoms with Gasteiger partial charge in [0.15, 0.2) is 0 Å². The van der Waals surface area contributed by atoms with Crippen LogP contribution in [0.3, 0.4) is 0 Å². The lowest BCUT2D eigenvalue weighted by Crippen LogP contribution is -1.99. The SMILES string of the molecule is O=C(O)Cc1cn2ccc3ccccc3c2n1. The molecule has 0 radical (unpaired) electrons. The fraction of sp³-hybridized carbons (Fsp3) is 0.0769. The zero-order valence-corrected chi connectivity index (χ0v) is 9.00. The van der Waals surface area contributed by atoms with Gasteiger partial charge in [0.25, 0.3) is 0 Å². The molecule has 0 aliphatic heterocycles. The molecular formula is C13H10N2O2. The number of hydrogen-bond acceptors (Lipinski definition) is 2.